The SMILES string of the molecule is CCN(Cc1ccc(C(=O)NCCCN2CCNCC2)cc1)C(C)C. The Labute approximate surface area is 152 Å². The first-order chi connectivity index (χ1) is 12.1. The second kappa shape index (κ2) is 10.5. The fraction of sp³-hybridized carbons (Fsp3) is 0.650. The number of nitrogens with one attached hydrogen (secondary N) is 2. The van der Waals surface area contributed by atoms with E-state index in [-0.39, 0.29) is 5.91 Å². The van der Waals surface area contributed by atoms with E-state index in [2.05, 4.69) is 53.3 Å². The number of hydrogen-bond donors (Lipinski definition) is 2. The van der Waals surface area contributed by atoms with Crippen LogP contribution in [0.2, 0.25) is 0 Å². The Morgan fingerprint density at radius 1 is 1.24 bits per heavy atom. The molecular weight excluding hydrogens is 312 g/mol. The number of amides is 1. The molecule has 25 heavy (non-hydrogen) atoms. The Hall–Kier alpha value is -1.43. The van der Waals surface area contributed by atoms with Crippen LogP contribution in [-0.2, 0) is 6.54 Å². The Balaban J connectivity index is 1.72. The molecule has 1 aliphatic rings. The van der Waals surface area contributed by atoms with Crippen LogP contribution in [0.4, 0.5) is 0 Å². The van der Waals surface area contributed by atoms with Crippen LogP contribution in [0, 0.1) is 0 Å². The van der Waals surface area contributed by atoms with Gasteiger partial charge in [0, 0.05) is 50.9 Å². The van der Waals surface area contributed by atoms with Crippen molar-refractivity contribution in [2.24, 2.45) is 0 Å². The lowest BCUT2D eigenvalue weighted by atomic mass is 10.1. The molecule has 2 N–H and O–H groups in total. The van der Waals surface area contributed by atoms with Crippen LogP contribution in [0.3, 0.4) is 0 Å². The van der Waals surface area contributed by atoms with Gasteiger partial charge in [0.25, 0.3) is 5.91 Å². The minimum atomic E-state index is 0.0306. The molecule has 1 amide bonds. The highest BCUT2D eigenvalue weighted by atomic mass is 16.1. The first-order valence-corrected chi connectivity index (χ1v) is 9.64. The van der Waals surface area contributed by atoms with E-state index in [9.17, 15) is 4.79 Å². The normalized spacial score (nSPS) is 15.7. The van der Waals surface area contributed by atoms with Crippen LogP contribution < -0.4 is 10.6 Å². The number of carbonyl (C=O) groups excluding carboxylic acids is 1. The van der Waals surface area contributed by atoms with E-state index in [1.165, 1.54) is 5.56 Å². The zero-order valence-electron chi connectivity index (χ0n) is 16.1. The third kappa shape index (κ3) is 6.77. The summed E-state index contributed by atoms with van der Waals surface area (Å²) < 4.78 is 0. The molecule has 1 aromatic rings. The average Bonchev–Trinajstić information content (AvgIpc) is 2.64. The van der Waals surface area contributed by atoms with E-state index in [1.807, 2.05) is 12.1 Å². The summed E-state index contributed by atoms with van der Waals surface area (Å²) in [6.45, 7) is 14.7. The van der Waals surface area contributed by atoms with Gasteiger partial charge in [0.15, 0.2) is 0 Å². The largest absolute Gasteiger partial charge is 0.352 e. The van der Waals surface area contributed by atoms with Crippen LogP contribution in [-0.4, -0.2) is 67.6 Å². The van der Waals surface area contributed by atoms with Crippen LogP contribution in [0.5, 0.6) is 0 Å². The van der Waals surface area contributed by atoms with E-state index in [1.54, 1.807) is 0 Å². The minimum absolute atomic E-state index is 0.0306. The molecule has 0 atom stereocenters. The molecule has 0 unspecified atom stereocenters. The summed E-state index contributed by atoms with van der Waals surface area (Å²) in [5.41, 5.74) is 2.00. The van der Waals surface area contributed by atoms with Crippen LogP contribution >= 0.6 is 0 Å². The molecule has 0 saturated carbocycles. The van der Waals surface area contributed by atoms with E-state index in [0.29, 0.717) is 6.04 Å². The second-order valence-electron chi connectivity index (χ2n) is 7.05. The van der Waals surface area contributed by atoms with Gasteiger partial charge in [-0.2, -0.15) is 0 Å². The van der Waals surface area contributed by atoms with Crippen molar-refractivity contribution in [1.29, 1.82) is 0 Å². The van der Waals surface area contributed by atoms with Gasteiger partial charge in [0.1, 0.15) is 0 Å². The first-order valence-electron chi connectivity index (χ1n) is 9.64. The standard InChI is InChI=1S/C20H34N4O/c1-4-24(17(2)3)16-18-6-8-19(9-7-18)20(25)22-10-5-13-23-14-11-21-12-15-23/h6-9,17,21H,4-5,10-16H2,1-3H3,(H,22,25). The van der Waals surface area contributed by atoms with Crippen molar-refractivity contribution >= 4 is 5.91 Å². The maximum absolute atomic E-state index is 12.2. The number of rotatable bonds is 9. The predicted molar refractivity (Wildman–Crippen MR) is 104 cm³/mol. The van der Waals surface area contributed by atoms with Gasteiger partial charge in [-0.25, -0.2) is 0 Å². The van der Waals surface area contributed by atoms with E-state index < -0.39 is 0 Å². The van der Waals surface area contributed by atoms with Gasteiger partial charge in [0.05, 0.1) is 0 Å². The van der Waals surface area contributed by atoms with Crippen molar-refractivity contribution in [3.8, 4) is 0 Å². The van der Waals surface area contributed by atoms with Gasteiger partial charge in [-0.15, -0.1) is 0 Å². The molecule has 1 fully saturated rings. The summed E-state index contributed by atoms with van der Waals surface area (Å²) in [4.78, 5) is 17.1. The predicted octanol–water partition coefficient (Wildman–Crippen LogP) is 1.94. The number of piperazine rings is 1. The lowest BCUT2D eigenvalue weighted by Gasteiger charge is -2.27. The molecule has 1 heterocycles. The summed E-state index contributed by atoms with van der Waals surface area (Å²) in [5.74, 6) is 0.0306. The first kappa shape index (κ1) is 19.9. The van der Waals surface area contributed by atoms with E-state index >= 15 is 0 Å². The molecule has 1 saturated heterocycles. The lowest BCUT2D eigenvalue weighted by molar-refractivity contribution is 0.0951. The second-order valence-corrected chi connectivity index (χ2v) is 7.05. The molecule has 5 heteroatoms. The average molecular weight is 347 g/mol. The minimum Gasteiger partial charge on any atom is -0.352 e. The lowest BCUT2D eigenvalue weighted by Crippen LogP contribution is -2.44. The van der Waals surface area contributed by atoms with E-state index in [4.69, 9.17) is 0 Å². The third-order valence-corrected chi connectivity index (χ3v) is 4.88. The van der Waals surface area contributed by atoms with Crippen molar-refractivity contribution in [3.63, 3.8) is 0 Å². The van der Waals surface area contributed by atoms with Crippen molar-refractivity contribution < 1.29 is 4.79 Å². The summed E-state index contributed by atoms with van der Waals surface area (Å²) in [7, 11) is 0. The zero-order chi connectivity index (χ0) is 18.1. The number of nitrogens with zero attached hydrogens (tertiary/aromatic N) is 2. The maximum atomic E-state index is 12.2. The van der Waals surface area contributed by atoms with Crippen molar-refractivity contribution in [3.05, 3.63) is 35.4 Å². The van der Waals surface area contributed by atoms with Crippen molar-refractivity contribution in [1.82, 2.24) is 20.4 Å². The highest BCUT2D eigenvalue weighted by molar-refractivity contribution is 5.94. The van der Waals surface area contributed by atoms with Crippen molar-refractivity contribution in [2.75, 3.05) is 45.8 Å². The summed E-state index contributed by atoms with van der Waals surface area (Å²) in [6, 6.07) is 8.55. The van der Waals surface area contributed by atoms with Gasteiger partial charge >= 0.3 is 0 Å². The molecule has 0 aromatic heterocycles. The molecule has 2 rings (SSSR count). The Bertz CT molecular complexity index is 509. The van der Waals surface area contributed by atoms with E-state index in [0.717, 1.165) is 64.3 Å². The molecule has 140 valence electrons. The Morgan fingerprint density at radius 3 is 2.52 bits per heavy atom. The smallest absolute Gasteiger partial charge is 0.251 e. The molecule has 0 bridgehead atoms. The molecule has 0 spiro atoms. The fourth-order valence-corrected chi connectivity index (χ4v) is 3.20. The Morgan fingerprint density at radius 2 is 1.92 bits per heavy atom. The van der Waals surface area contributed by atoms with Crippen LogP contribution in [0.1, 0.15) is 43.1 Å². The zero-order valence-corrected chi connectivity index (χ0v) is 16.1. The fourth-order valence-electron chi connectivity index (χ4n) is 3.20. The summed E-state index contributed by atoms with van der Waals surface area (Å²) in [5, 5.41) is 6.39. The molecule has 5 nitrogen and oxygen atoms in total. The molecule has 0 aliphatic carbocycles. The topological polar surface area (TPSA) is 47.6 Å². The van der Waals surface area contributed by atoms with Gasteiger partial charge in [-0.1, -0.05) is 19.1 Å². The molecule has 0 radical (unpaired) electrons. The number of benzene rings is 1. The molecule has 1 aliphatic heterocycles. The monoisotopic (exact) mass is 346 g/mol. The van der Waals surface area contributed by atoms with Crippen LogP contribution in [0.25, 0.3) is 0 Å². The van der Waals surface area contributed by atoms with Gasteiger partial charge in [-0.05, 0) is 51.1 Å². The molecular formula is C20H34N4O. The quantitative estimate of drug-likeness (QED) is 0.671. The van der Waals surface area contributed by atoms with Crippen molar-refractivity contribution in [2.45, 2.75) is 39.8 Å². The highest BCUT2D eigenvalue weighted by Gasteiger charge is 2.11. The maximum Gasteiger partial charge on any atom is 0.251 e. The highest BCUT2D eigenvalue weighted by Crippen LogP contribution is 2.10. The number of carbonyl (C=O) groups is 1. The summed E-state index contributed by atoms with van der Waals surface area (Å²) >= 11 is 0. The van der Waals surface area contributed by atoms with Gasteiger partial charge in [0.2, 0.25) is 0 Å². The third-order valence-electron chi connectivity index (χ3n) is 4.88. The van der Waals surface area contributed by atoms with Crippen LogP contribution in [0.15, 0.2) is 24.3 Å². The summed E-state index contributed by atoms with van der Waals surface area (Å²) in [6.07, 6.45) is 1.00. The molecule has 1 aromatic carbocycles. The Kier molecular flexibility index (Phi) is 8.38. The number of hydrogen-bond acceptors (Lipinski definition) is 4. The van der Waals surface area contributed by atoms with Gasteiger partial charge < -0.3 is 15.5 Å². The van der Waals surface area contributed by atoms with Gasteiger partial charge in [-0.3, -0.25) is 9.69 Å².